The molecule has 37 heteroatoms. The lowest BCUT2D eigenvalue weighted by Crippen LogP contribution is -2.29. The fraction of sp³-hybridized carbons (Fsp3) is 0.0667. The summed E-state index contributed by atoms with van der Waals surface area (Å²) in [4.78, 5) is 28.7. The van der Waals surface area contributed by atoms with Crippen LogP contribution in [0.1, 0.15) is 50.7 Å². The highest BCUT2D eigenvalue weighted by Crippen LogP contribution is 2.34. The third-order valence-electron chi connectivity index (χ3n) is 16.8. The average molecular weight is 1570 g/mol. The third-order valence-corrected chi connectivity index (χ3v) is 20.2. The molecule has 0 aliphatic rings. The van der Waals surface area contributed by atoms with Crippen molar-refractivity contribution in [3.63, 3.8) is 0 Å². The van der Waals surface area contributed by atoms with Crippen LogP contribution in [0.2, 0.25) is 0 Å². The number of aliphatic hydroxyl groups excluding tert-OH is 1. The minimum absolute atomic E-state index is 0.0581. The van der Waals surface area contributed by atoms with Crippen molar-refractivity contribution in [2.45, 2.75) is 6.61 Å². The third kappa shape index (κ3) is 16.7. The SMILES string of the molecule is CN(C)S(=O)(=O)n1ccnc1-c1cc2c(/C=C/c3ccc(F)cc3)nn(S(=O)(=O)N(C)C)c2cc1F.Nc1n[nH]c(-c2cc(F)c3n[nH]c(/C=C/c4ccc(F)cc4)c3c2)n1.O=c1[nH]nc(-c2cc(F)c3n[nH]c(/C=C/c4ccc(F)cc4)c3c2)[nH]1.OCc1cnc(-c2cc3c(/C=C/c4ccc(F)cc4)n[nH]c3cc2F)[nH]1. The van der Waals surface area contributed by atoms with Crippen molar-refractivity contribution in [2.75, 3.05) is 33.9 Å². The molecular formula is C75H59F8N21O6S2. The Morgan fingerprint density at radius 1 is 0.473 bits per heavy atom. The van der Waals surface area contributed by atoms with Crippen molar-refractivity contribution in [2.24, 2.45) is 0 Å². The van der Waals surface area contributed by atoms with Gasteiger partial charge in [0, 0.05) is 85.4 Å². The van der Waals surface area contributed by atoms with Crippen LogP contribution in [0.5, 0.6) is 0 Å². The van der Waals surface area contributed by atoms with Crippen LogP contribution in [-0.4, -0.2) is 148 Å². The van der Waals surface area contributed by atoms with E-state index in [1.807, 2.05) is 0 Å². The van der Waals surface area contributed by atoms with E-state index < -0.39 is 55.2 Å². The molecule has 112 heavy (non-hydrogen) atoms. The van der Waals surface area contributed by atoms with Gasteiger partial charge < -0.3 is 15.8 Å². The number of nitrogens with zero attached hydrogens (tertiary/aromatic N) is 13. The van der Waals surface area contributed by atoms with Crippen molar-refractivity contribution in [3.05, 3.63) is 272 Å². The molecule has 8 heterocycles. The Balaban J connectivity index is 0.000000132. The average Bonchev–Trinajstić information content (AvgIpc) is 1.58. The number of nitrogen functional groups attached to an aromatic ring is 1. The summed E-state index contributed by atoms with van der Waals surface area (Å²) < 4.78 is 165. The number of hydrogen-bond donors (Lipinski definition) is 9. The quantitative estimate of drug-likeness (QED) is 0.0382. The lowest BCUT2D eigenvalue weighted by molar-refractivity contribution is 0.277. The fourth-order valence-corrected chi connectivity index (χ4v) is 12.9. The van der Waals surface area contributed by atoms with Crippen LogP contribution in [0.4, 0.5) is 41.1 Å². The van der Waals surface area contributed by atoms with Gasteiger partial charge in [-0.05, 0) is 131 Å². The molecule has 0 fully saturated rings. The number of benzene rings is 8. The maximum atomic E-state index is 15.4. The fourth-order valence-electron chi connectivity index (χ4n) is 11.1. The highest BCUT2D eigenvalue weighted by Gasteiger charge is 2.28. The summed E-state index contributed by atoms with van der Waals surface area (Å²) >= 11 is 0. The van der Waals surface area contributed by atoms with Crippen molar-refractivity contribution < 1.29 is 57.1 Å². The summed E-state index contributed by atoms with van der Waals surface area (Å²) in [6.45, 7) is -0.200. The van der Waals surface area contributed by atoms with Crippen molar-refractivity contribution in [1.82, 2.24) is 97.7 Å². The second kappa shape index (κ2) is 32.1. The Bertz CT molecular complexity index is 6580. The summed E-state index contributed by atoms with van der Waals surface area (Å²) in [7, 11) is -2.88. The van der Waals surface area contributed by atoms with E-state index in [0.29, 0.717) is 71.5 Å². The molecule has 10 N–H and O–H groups in total. The van der Waals surface area contributed by atoms with Crippen molar-refractivity contribution >= 4 is 119 Å². The molecule has 0 unspecified atom stereocenters. The molecule has 0 aliphatic carbocycles. The zero-order valence-electron chi connectivity index (χ0n) is 58.6. The Labute approximate surface area is 628 Å². The molecule has 8 aromatic carbocycles. The highest BCUT2D eigenvalue weighted by molar-refractivity contribution is 7.87. The largest absolute Gasteiger partial charge is 0.390 e. The topological polar surface area (TPSA) is 374 Å². The molecule has 0 bridgehead atoms. The lowest BCUT2D eigenvalue weighted by atomic mass is 10.1. The van der Waals surface area contributed by atoms with Gasteiger partial charge in [0.15, 0.2) is 29.1 Å². The summed E-state index contributed by atoms with van der Waals surface area (Å²) in [6, 6.07) is 34.9. The Morgan fingerprint density at radius 3 is 1.46 bits per heavy atom. The van der Waals surface area contributed by atoms with Gasteiger partial charge in [0.2, 0.25) is 5.95 Å². The Morgan fingerprint density at radius 2 is 0.973 bits per heavy atom. The van der Waals surface area contributed by atoms with Gasteiger partial charge in [0.1, 0.15) is 51.8 Å². The first-order valence-electron chi connectivity index (χ1n) is 33.1. The first-order chi connectivity index (χ1) is 53.7. The van der Waals surface area contributed by atoms with Crippen LogP contribution in [0.15, 0.2) is 169 Å². The summed E-state index contributed by atoms with van der Waals surface area (Å²) in [5, 5.41) is 48.4. The summed E-state index contributed by atoms with van der Waals surface area (Å²) in [5.41, 5.74) is 12.5. The van der Waals surface area contributed by atoms with Gasteiger partial charge in [-0.1, -0.05) is 72.8 Å². The molecular weight excluding hydrogens is 1510 g/mol. The molecule has 16 aromatic rings. The van der Waals surface area contributed by atoms with Crippen LogP contribution in [0.3, 0.4) is 0 Å². The lowest BCUT2D eigenvalue weighted by Gasteiger charge is -2.15. The van der Waals surface area contributed by atoms with Gasteiger partial charge in [-0.2, -0.15) is 55.9 Å². The van der Waals surface area contributed by atoms with E-state index >= 15 is 4.39 Å². The molecule has 27 nitrogen and oxygen atoms in total. The number of H-pyrrole nitrogens is 7. The van der Waals surface area contributed by atoms with Crippen LogP contribution in [-0.2, 0) is 27.0 Å². The van der Waals surface area contributed by atoms with Gasteiger partial charge in [-0.3, -0.25) is 25.4 Å². The predicted octanol–water partition coefficient (Wildman–Crippen LogP) is 13.0. The normalized spacial score (nSPS) is 12.1. The summed E-state index contributed by atoms with van der Waals surface area (Å²) in [5.74, 6) is -2.87. The number of aliphatic hydroxyl groups is 1. The van der Waals surface area contributed by atoms with Gasteiger partial charge in [-0.25, -0.2) is 59.0 Å². The number of rotatable bonds is 17. The van der Waals surface area contributed by atoms with E-state index in [0.717, 1.165) is 40.7 Å². The standard InChI is InChI=1S/C22H22F2N6O4S2.C19H14F2N4O.C17H12F2N6.C17H11F2N5O/c1-27(2)35(31,32)29-12-11-25-22(29)17-13-18-20(10-7-15-5-8-16(23)9-6-15)26-30(21(18)14-19(17)24)36(33,34)28(3)4;20-12-4-1-11(2-5-12)3-6-17-15-7-14(16(21)8-18(15)25-24-17)19-22-9-13(10-26)23-19;18-11-4-1-9(2-5-11)3-6-14-12-7-10(16-21-17(20)25-24-16)8-13(19)15(12)23-22-14;18-11-4-1-9(2-5-11)3-6-14-12-7-10(16-20-17(25)24-23-16)8-13(19)15(12)22-21-14/h5-14H,1-4H3;1-9,26H,10H2,(H,22,23)(H,24,25);1-8H,(H,22,23)(H3,20,21,24,25);1-8H,(H,21,22)(H2,20,23,24,25)/b10-7+;3*6-3+. The second-order valence-electron chi connectivity index (χ2n) is 24.7. The van der Waals surface area contributed by atoms with E-state index in [4.69, 9.17) is 10.8 Å². The maximum absolute atomic E-state index is 15.4. The molecule has 0 atom stereocenters. The molecule has 0 amide bonds. The molecule has 0 saturated carbocycles. The van der Waals surface area contributed by atoms with E-state index in [9.17, 15) is 52.4 Å². The summed E-state index contributed by atoms with van der Waals surface area (Å²) in [6.07, 6.45) is 17.5. The van der Waals surface area contributed by atoms with Crippen LogP contribution in [0, 0.1) is 46.5 Å². The van der Waals surface area contributed by atoms with Crippen LogP contribution >= 0.6 is 0 Å². The molecule has 16 rings (SSSR count). The van der Waals surface area contributed by atoms with E-state index in [2.05, 4.69) is 81.0 Å². The monoisotopic (exact) mass is 1570 g/mol. The highest BCUT2D eigenvalue weighted by atomic mass is 32.2. The molecule has 0 radical (unpaired) electrons. The van der Waals surface area contributed by atoms with Crippen LogP contribution in [0.25, 0.3) is 138 Å². The van der Waals surface area contributed by atoms with Gasteiger partial charge in [-0.15, -0.1) is 9.19 Å². The van der Waals surface area contributed by atoms with E-state index in [-0.39, 0.29) is 80.4 Å². The Hall–Kier alpha value is -13.9. The number of fused-ring (bicyclic) bond motifs is 4. The number of nitrogens with two attached hydrogens (primary N) is 1. The Kier molecular flexibility index (Phi) is 21.9. The van der Waals surface area contributed by atoms with Gasteiger partial charge in [0.05, 0.1) is 63.4 Å². The zero-order chi connectivity index (χ0) is 79.3. The first kappa shape index (κ1) is 76.3. The van der Waals surface area contributed by atoms with E-state index in [1.54, 1.807) is 97.1 Å². The smallest absolute Gasteiger partial charge is 0.340 e. The van der Waals surface area contributed by atoms with Gasteiger partial charge in [0.25, 0.3) is 0 Å². The molecule has 0 saturated heterocycles. The second-order valence-corrected chi connectivity index (χ2v) is 28.7. The van der Waals surface area contributed by atoms with Crippen molar-refractivity contribution in [1.29, 1.82) is 0 Å². The number of aromatic amines is 7. The van der Waals surface area contributed by atoms with Crippen LogP contribution < -0.4 is 11.4 Å². The minimum atomic E-state index is -4.13. The van der Waals surface area contributed by atoms with E-state index in [1.165, 1.54) is 138 Å². The molecule has 0 aliphatic heterocycles. The van der Waals surface area contributed by atoms with Crippen molar-refractivity contribution in [3.8, 4) is 45.6 Å². The number of hydrogen-bond acceptors (Lipinski definition) is 16. The predicted molar refractivity (Wildman–Crippen MR) is 408 cm³/mol. The maximum Gasteiger partial charge on any atom is 0.340 e. The number of anilines is 1. The number of imidazole rings is 2. The minimum Gasteiger partial charge on any atom is -0.390 e. The number of nitrogens with one attached hydrogen (secondary N) is 7. The molecule has 8 aromatic heterocycles. The van der Waals surface area contributed by atoms with Gasteiger partial charge >= 0.3 is 26.1 Å². The number of aromatic nitrogens is 18. The molecule has 568 valence electrons. The molecule has 0 spiro atoms. The zero-order valence-corrected chi connectivity index (χ0v) is 60.3. The first-order valence-corrected chi connectivity index (χ1v) is 35.8. The number of halogens is 8.